The molecule has 1 aliphatic heterocycles. The maximum Gasteiger partial charge on any atom is 0.260 e. The number of carbonyl (C=O) groups excluding carboxylic acids is 1. The van der Waals surface area contributed by atoms with Crippen molar-refractivity contribution in [2.24, 2.45) is 0 Å². The van der Waals surface area contributed by atoms with E-state index in [-0.39, 0.29) is 5.91 Å². The zero-order valence-electron chi connectivity index (χ0n) is 17.9. The van der Waals surface area contributed by atoms with Crippen molar-refractivity contribution in [1.29, 1.82) is 0 Å². The number of fused-ring (bicyclic) bond motifs is 1. The summed E-state index contributed by atoms with van der Waals surface area (Å²) < 4.78 is 12.2. The Labute approximate surface area is 191 Å². The number of thiazole rings is 1. The molecule has 1 amide bonds. The van der Waals surface area contributed by atoms with E-state index >= 15 is 0 Å². The summed E-state index contributed by atoms with van der Waals surface area (Å²) in [5.41, 5.74) is 1.48. The summed E-state index contributed by atoms with van der Waals surface area (Å²) in [5, 5.41) is 0.703. The van der Waals surface area contributed by atoms with E-state index in [1.165, 1.54) is 11.3 Å². The average molecular weight is 458 g/mol. The summed E-state index contributed by atoms with van der Waals surface area (Å²) in [4.78, 5) is 23.6. The monoisotopic (exact) mass is 457 g/mol. The van der Waals surface area contributed by atoms with E-state index in [9.17, 15) is 4.79 Å². The minimum absolute atomic E-state index is 0.0297. The van der Waals surface area contributed by atoms with E-state index in [1.54, 1.807) is 11.8 Å². The first-order valence-electron chi connectivity index (χ1n) is 10.5. The molecule has 0 spiro atoms. The van der Waals surface area contributed by atoms with Gasteiger partial charge in [0.1, 0.15) is 11.3 Å². The minimum atomic E-state index is -0.0297. The first-order valence-corrected chi connectivity index (χ1v) is 12.5. The van der Waals surface area contributed by atoms with E-state index in [2.05, 4.69) is 4.90 Å². The zero-order chi connectivity index (χ0) is 21.6. The van der Waals surface area contributed by atoms with Gasteiger partial charge in [0.05, 0.1) is 24.5 Å². The molecule has 0 aliphatic carbocycles. The predicted octanol–water partition coefficient (Wildman–Crippen LogP) is 4.40. The molecular formula is C23H27N3O3S2. The molecule has 4 rings (SSSR count). The molecule has 6 nitrogen and oxygen atoms in total. The minimum Gasteiger partial charge on any atom is -0.492 e. The molecule has 3 aromatic rings. The molecule has 31 heavy (non-hydrogen) atoms. The van der Waals surface area contributed by atoms with Crippen LogP contribution in [0.2, 0.25) is 0 Å². The lowest BCUT2D eigenvalue weighted by molar-refractivity contribution is 0.0391. The van der Waals surface area contributed by atoms with Gasteiger partial charge in [0.2, 0.25) is 0 Å². The van der Waals surface area contributed by atoms with Crippen LogP contribution in [0.5, 0.6) is 5.75 Å². The molecular weight excluding hydrogens is 430 g/mol. The van der Waals surface area contributed by atoms with Gasteiger partial charge in [-0.25, -0.2) is 4.98 Å². The highest BCUT2D eigenvalue weighted by Gasteiger charge is 2.23. The number of hydrogen-bond donors (Lipinski definition) is 0. The smallest absolute Gasteiger partial charge is 0.260 e. The van der Waals surface area contributed by atoms with E-state index in [1.807, 2.05) is 60.5 Å². The maximum absolute atomic E-state index is 13.5. The molecule has 164 valence electrons. The lowest BCUT2D eigenvalue weighted by Crippen LogP contribution is -2.43. The number of para-hydroxylation sites is 1. The Balaban J connectivity index is 1.64. The fourth-order valence-corrected chi connectivity index (χ4v) is 4.95. The Morgan fingerprint density at radius 1 is 1.23 bits per heavy atom. The second kappa shape index (κ2) is 10.5. The Morgan fingerprint density at radius 3 is 2.71 bits per heavy atom. The first kappa shape index (κ1) is 22.1. The molecule has 2 heterocycles. The van der Waals surface area contributed by atoms with Gasteiger partial charge in [-0.1, -0.05) is 17.4 Å². The molecule has 1 aliphatic rings. The van der Waals surface area contributed by atoms with E-state index in [0.29, 0.717) is 23.8 Å². The topological polar surface area (TPSA) is 54.9 Å². The van der Waals surface area contributed by atoms with Crippen molar-refractivity contribution < 1.29 is 14.3 Å². The van der Waals surface area contributed by atoms with Crippen LogP contribution in [0, 0.1) is 0 Å². The molecule has 1 fully saturated rings. The van der Waals surface area contributed by atoms with Crippen molar-refractivity contribution in [3.8, 4) is 5.75 Å². The number of anilines is 1. The van der Waals surface area contributed by atoms with Crippen LogP contribution in [0.1, 0.15) is 17.3 Å². The van der Waals surface area contributed by atoms with Crippen LogP contribution in [0.4, 0.5) is 5.13 Å². The molecule has 8 heteroatoms. The first-order chi connectivity index (χ1) is 15.2. The van der Waals surface area contributed by atoms with Crippen molar-refractivity contribution in [1.82, 2.24) is 9.88 Å². The Bertz CT molecular complexity index is 1020. The van der Waals surface area contributed by atoms with Gasteiger partial charge in [0, 0.05) is 36.6 Å². The van der Waals surface area contributed by atoms with Gasteiger partial charge >= 0.3 is 0 Å². The molecule has 0 atom stereocenters. The second-order valence-electron chi connectivity index (χ2n) is 7.17. The summed E-state index contributed by atoms with van der Waals surface area (Å²) in [6.07, 6.45) is 2.03. The number of rotatable bonds is 8. The van der Waals surface area contributed by atoms with Gasteiger partial charge in [-0.2, -0.15) is 0 Å². The Hall–Kier alpha value is -2.13. The van der Waals surface area contributed by atoms with Crippen molar-refractivity contribution in [3.63, 3.8) is 0 Å². The Kier molecular flexibility index (Phi) is 7.45. The van der Waals surface area contributed by atoms with Crippen molar-refractivity contribution in [2.75, 3.05) is 57.2 Å². The number of amides is 1. The van der Waals surface area contributed by atoms with E-state index in [0.717, 1.165) is 53.7 Å². The zero-order valence-corrected chi connectivity index (χ0v) is 19.5. The number of benzene rings is 2. The predicted molar refractivity (Wildman–Crippen MR) is 128 cm³/mol. The number of thioether (sulfide) groups is 1. The third-order valence-electron chi connectivity index (χ3n) is 5.23. The second-order valence-corrected chi connectivity index (χ2v) is 9.06. The average Bonchev–Trinajstić information content (AvgIpc) is 3.25. The van der Waals surface area contributed by atoms with Gasteiger partial charge < -0.3 is 9.47 Å². The van der Waals surface area contributed by atoms with Gasteiger partial charge in [-0.05, 0) is 49.6 Å². The number of hydrogen-bond acceptors (Lipinski definition) is 7. The van der Waals surface area contributed by atoms with Gasteiger partial charge in [-0.15, -0.1) is 11.8 Å². The van der Waals surface area contributed by atoms with Gasteiger partial charge in [-0.3, -0.25) is 14.6 Å². The van der Waals surface area contributed by atoms with Crippen LogP contribution < -0.4 is 9.64 Å². The van der Waals surface area contributed by atoms with Crippen LogP contribution in [0.15, 0.2) is 47.4 Å². The summed E-state index contributed by atoms with van der Waals surface area (Å²) in [7, 11) is 0. The van der Waals surface area contributed by atoms with Crippen LogP contribution in [0.25, 0.3) is 10.2 Å². The molecule has 0 radical (unpaired) electrons. The number of carbonyl (C=O) groups is 1. The molecule has 1 aromatic heterocycles. The molecule has 2 aromatic carbocycles. The van der Waals surface area contributed by atoms with Crippen molar-refractivity contribution in [3.05, 3.63) is 48.0 Å². The third kappa shape index (κ3) is 5.20. The molecule has 0 N–H and O–H groups in total. The number of nitrogens with zero attached hydrogens (tertiary/aromatic N) is 3. The quantitative estimate of drug-likeness (QED) is 0.468. The van der Waals surface area contributed by atoms with E-state index in [4.69, 9.17) is 14.5 Å². The van der Waals surface area contributed by atoms with Gasteiger partial charge in [0.15, 0.2) is 5.13 Å². The SMILES string of the molecule is CCOc1cccc2sc(N(CCN3CCOCC3)C(=O)c3ccc(SC)cc3)nc12. The lowest BCUT2D eigenvalue weighted by Gasteiger charge is -2.29. The standard InChI is InChI=1S/C23H27N3O3S2/c1-3-29-19-5-4-6-20-21(19)24-23(31-20)26(12-11-25-13-15-28-16-14-25)22(27)17-7-9-18(30-2)10-8-17/h4-10H,3,11-16H2,1-2H3. The fraction of sp³-hybridized carbons (Fsp3) is 0.391. The number of ether oxygens (including phenoxy) is 2. The number of aromatic nitrogens is 1. The van der Waals surface area contributed by atoms with Crippen molar-refractivity contribution >= 4 is 44.4 Å². The molecule has 0 bridgehead atoms. The summed E-state index contributed by atoms with van der Waals surface area (Å²) in [6, 6.07) is 13.7. The molecule has 0 unspecified atom stereocenters. The van der Waals surface area contributed by atoms with Crippen molar-refractivity contribution in [2.45, 2.75) is 11.8 Å². The third-order valence-corrected chi connectivity index (χ3v) is 7.01. The summed E-state index contributed by atoms with van der Waals surface area (Å²) in [5.74, 6) is 0.727. The van der Waals surface area contributed by atoms with Crippen LogP contribution in [-0.2, 0) is 4.74 Å². The largest absolute Gasteiger partial charge is 0.492 e. The molecule has 0 saturated carbocycles. The number of morpholine rings is 1. The normalized spacial score (nSPS) is 14.6. The highest BCUT2D eigenvalue weighted by atomic mass is 32.2. The highest BCUT2D eigenvalue weighted by molar-refractivity contribution is 7.98. The van der Waals surface area contributed by atoms with Crippen LogP contribution in [0.3, 0.4) is 0 Å². The van der Waals surface area contributed by atoms with Crippen LogP contribution in [-0.4, -0.2) is 68.0 Å². The van der Waals surface area contributed by atoms with E-state index < -0.39 is 0 Å². The van der Waals surface area contributed by atoms with Gasteiger partial charge in [0.25, 0.3) is 5.91 Å². The fourth-order valence-electron chi connectivity index (χ4n) is 3.54. The maximum atomic E-state index is 13.5. The highest BCUT2D eigenvalue weighted by Crippen LogP contribution is 2.35. The Morgan fingerprint density at radius 2 is 2.00 bits per heavy atom. The molecule has 1 saturated heterocycles. The summed E-state index contributed by atoms with van der Waals surface area (Å²) >= 11 is 3.19. The summed E-state index contributed by atoms with van der Waals surface area (Å²) in [6.45, 7) is 7.15. The van der Waals surface area contributed by atoms with Crippen LogP contribution >= 0.6 is 23.1 Å². The lowest BCUT2D eigenvalue weighted by atomic mass is 10.2.